The molecule has 0 fully saturated rings. The fourth-order valence-corrected chi connectivity index (χ4v) is 0.675. The van der Waals surface area contributed by atoms with E-state index in [9.17, 15) is 10.1 Å². The number of rotatable bonds is 1. The summed E-state index contributed by atoms with van der Waals surface area (Å²) in [6.07, 6.45) is 7.19. The Balaban J connectivity index is 2.68. The smallest absolute Gasteiger partial charge is 0.247 e. The molecule has 0 unspecified atom stereocenters. The molecule has 9 heavy (non-hydrogen) atoms. The zero-order valence-electron chi connectivity index (χ0n) is 4.83. The van der Waals surface area contributed by atoms with Gasteiger partial charge in [-0.3, -0.25) is 10.1 Å². The molecule has 0 N–H and O–H groups in total. The van der Waals surface area contributed by atoms with Gasteiger partial charge in [-0.15, -0.1) is 0 Å². The van der Waals surface area contributed by atoms with E-state index in [1.807, 2.05) is 0 Å². The lowest BCUT2D eigenvalue weighted by molar-refractivity contribution is -0.428. The van der Waals surface area contributed by atoms with Crippen molar-refractivity contribution in [1.29, 1.82) is 0 Å². The number of hydrogen-bond donors (Lipinski definition) is 0. The fraction of sp³-hybridized carbons (Fsp3) is 0.333. The van der Waals surface area contributed by atoms with Gasteiger partial charge in [-0.25, -0.2) is 0 Å². The van der Waals surface area contributed by atoms with E-state index in [2.05, 4.69) is 6.08 Å². The van der Waals surface area contributed by atoms with Crippen molar-refractivity contribution in [2.75, 3.05) is 0 Å². The largest absolute Gasteiger partial charge is 0.259 e. The van der Waals surface area contributed by atoms with Gasteiger partial charge in [0, 0.05) is 12.5 Å². The average molecular weight is 124 g/mol. The van der Waals surface area contributed by atoms with Crippen LogP contribution in [-0.2, 0) is 0 Å². The molecule has 47 valence electrons. The highest BCUT2D eigenvalue weighted by atomic mass is 16.6. The van der Waals surface area contributed by atoms with Gasteiger partial charge in [0.15, 0.2) is 0 Å². The van der Waals surface area contributed by atoms with E-state index in [0.29, 0.717) is 6.42 Å². The molecule has 0 amide bonds. The molecule has 1 aliphatic carbocycles. The summed E-state index contributed by atoms with van der Waals surface area (Å²) in [4.78, 5) is 9.68. The third kappa shape index (κ3) is 1.38. The zero-order chi connectivity index (χ0) is 6.69. The Morgan fingerprint density at radius 1 is 1.78 bits per heavy atom. The van der Waals surface area contributed by atoms with Crippen LogP contribution in [0.3, 0.4) is 0 Å². The summed E-state index contributed by atoms with van der Waals surface area (Å²) in [6, 6.07) is 0. The Labute approximate surface area is 52.8 Å². The zero-order valence-corrected chi connectivity index (χ0v) is 4.83. The molecule has 3 heteroatoms. The van der Waals surface area contributed by atoms with E-state index in [0.717, 1.165) is 6.42 Å². The van der Waals surface area contributed by atoms with E-state index >= 15 is 0 Å². The molecular formula is C6H6NO2. The number of nitrogens with zero attached hydrogens (tertiary/aromatic N) is 1. The lowest BCUT2D eigenvalue weighted by atomic mass is 10.1. The summed E-state index contributed by atoms with van der Waals surface area (Å²) in [5.74, 6) is 0. The number of allylic oxidation sites excluding steroid dienone is 4. The van der Waals surface area contributed by atoms with E-state index in [1.165, 1.54) is 6.08 Å². The van der Waals surface area contributed by atoms with Crippen LogP contribution in [0.1, 0.15) is 12.8 Å². The second-order valence-electron chi connectivity index (χ2n) is 1.80. The molecule has 0 bridgehead atoms. The Bertz CT molecular complexity index is 181. The molecule has 0 atom stereocenters. The predicted molar refractivity (Wildman–Crippen MR) is 32.1 cm³/mol. The van der Waals surface area contributed by atoms with Gasteiger partial charge in [0.25, 0.3) is 0 Å². The minimum absolute atomic E-state index is 0.262. The Hall–Kier alpha value is -1.12. The third-order valence-corrected chi connectivity index (χ3v) is 1.15. The van der Waals surface area contributed by atoms with Gasteiger partial charge < -0.3 is 0 Å². The van der Waals surface area contributed by atoms with Gasteiger partial charge in [-0.05, 0) is 12.5 Å². The standard InChI is InChI=1S/C6H6NO2/c8-7(9)6-4-2-1-3-5-6/h1,5H,2,4H2. The van der Waals surface area contributed by atoms with Gasteiger partial charge >= 0.3 is 0 Å². The minimum Gasteiger partial charge on any atom is -0.259 e. The second-order valence-corrected chi connectivity index (χ2v) is 1.80. The first-order chi connectivity index (χ1) is 4.30. The number of nitro groups is 1. The normalized spacial score (nSPS) is 17.1. The molecule has 1 radical (unpaired) electrons. The van der Waals surface area contributed by atoms with Gasteiger partial charge in [-0.1, -0.05) is 6.08 Å². The first-order valence-electron chi connectivity index (χ1n) is 2.72. The maximum atomic E-state index is 10.0. The van der Waals surface area contributed by atoms with Crippen LogP contribution >= 0.6 is 0 Å². The molecule has 0 aliphatic heterocycles. The summed E-state index contributed by atoms with van der Waals surface area (Å²) in [7, 11) is 0. The Kier molecular flexibility index (Phi) is 1.63. The molecule has 3 nitrogen and oxygen atoms in total. The molecule has 0 spiro atoms. The highest BCUT2D eigenvalue weighted by Crippen LogP contribution is 2.10. The van der Waals surface area contributed by atoms with Crippen LogP contribution in [0.25, 0.3) is 0 Å². The van der Waals surface area contributed by atoms with Gasteiger partial charge in [0.05, 0.1) is 4.92 Å². The van der Waals surface area contributed by atoms with Crippen LogP contribution in [0.2, 0.25) is 0 Å². The molecule has 0 aromatic heterocycles. The summed E-state index contributed by atoms with van der Waals surface area (Å²) >= 11 is 0. The van der Waals surface area contributed by atoms with Crippen molar-refractivity contribution in [1.82, 2.24) is 0 Å². The SMILES string of the molecule is O=[N+]([O-])C1=C[C]=CCC1. The first kappa shape index (κ1) is 6.01. The van der Waals surface area contributed by atoms with E-state index in [1.54, 1.807) is 6.08 Å². The van der Waals surface area contributed by atoms with Crippen molar-refractivity contribution in [2.45, 2.75) is 12.8 Å². The van der Waals surface area contributed by atoms with Gasteiger partial charge in [0.2, 0.25) is 5.70 Å². The van der Waals surface area contributed by atoms with Crippen LogP contribution in [0.5, 0.6) is 0 Å². The van der Waals surface area contributed by atoms with Crippen molar-refractivity contribution in [3.05, 3.63) is 34.0 Å². The molecule has 0 aromatic carbocycles. The minimum atomic E-state index is -0.361. The average Bonchev–Trinajstić information content (AvgIpc) is 1.90. The highest BCUT2D eigenvalue weighted by Gasteiger charge is 2.09. The fourth-order valence-electron chi connectivity index (χ4n) is 0.675. The summed E-state index contributed by atoms with van der Waals surface area (Å²) in [5.41, 5.74) is 0.262. The molecule has 0 saturated heterocycles. The summed E-state index contributed by atoms with van der Waals surface area (Å²) in [5, 5.41) is 10.0. The second kappa shape index (κ2) is 2.44. The highest BCUT2D eigenvalue weighted by molar-refractivity contribution is 5.06. The lowest BCUT2D eigenvalue weighted by Gasteiger charge is -1.96. The maximum absolute atomic E-state index is 10.0. The monoisotopic (exact) mass is 124 g/mol. The Morgan fingerprint density at radius 2 is 2.56 bits per heavy atom. The predicted octanol–water partition coefficient (Wildman–Crippen LogP) is 1.30. The Morgan fingerprint density at radius 3 is 2.89 bits per heavy atom. The lowest BCUT2D eigenvalue weighted by Crippen LogP contribution is -1.99. The van der Waals surface area contributed by atoms with E-state index in [-0.39, 0.29) is 10.6 Å². The quantitative estimate of drug-likeness (QED) is 0.390. The van der Waals surface area contributed by atoms with Crippen LogP contribution < -0.4 is 0 Å². The molecule has 1 rings (SSSR count). The summed E-state index contributed by atoms with van der Waals surface area (Å²) in [6.45, 7) is 0. The number of hydrogen-bond acceptors (Lipinski definition) is 2. The van der Waals surface area contributed by atoms with Crippen LogP contribution in [-0.4, -0.2) is 4.92 Å². The molecular weight excluding hydrogens is 118 g/mol. The maximum Gasteiger partial charge on any atom is 0.247 e. The van der Waals surface area contributed by atoms with Crippen molar-refractivity contribution in [3.8, 4) is 0 Å². The molecule has 1 aliphatic rings. The van der Waals surface area contributed by atoms with Crippen molar-refractivity contribution >= 4 is 0 Å². The van der Waals surface area contributed by atoms with E-state index in [4.69, 9.17) is 0 Å². The van der Waals surface area contributed by atoms with E-state index < -0.39 is 0 Å². The van der Waals surface area contributed by atoms with Crippen LogP contribution in [0.4, 0.5) is 0 Å². The first-order valence-corrected chi connectivity index (χ1v) is 2.72. The van der Waals surface area contributed by atoms with Gasteiger partial charge in [-0.2, -0.15) is 0 Å². The molecule has 0 heterocycles. The van der Waals surface area contributed by atoms with Crippen LogP contribution in [0.15, 0.2) is 17.8 Å². The van der Waals surface area contributed by atoms with Crippen molar-refractivity contribution < 1.29 is 4.92 Å². The molecule has 0 aromatic rings. The van der Waals surface area contributed by atoms with Gasteiger partial charge in [0.1, 0.15) is 0 Å². The summed E-state index contributed by atoms with van der Waals surface area (Å²) < 4.78 is 0. The van der Waals surface area contributed by atoms with Crippen molar-refractivity contribution in [3.63, 3.8) is 0 Å². The topological polar surface area (TPSA) is 43.1 Å². The van der Waals surface area contributed by atoms with Crippen molar-refractivity contribution in [2.24, 2.45) is 0 Å². The van der Waals surface area contributed by atoms with Crippen LogP contribution in [0, 0.1) is 16.2 Å². The molecule has 0 saturated carbocycles. The third-order valence-electron chi connectivity index (χ3n) is 1.15.